The zero-order valence-electron chi connectivity index (χ0n) is 6.18. The second-order valence-electron chi connectivity index (χ2n) is 2.04. The first kappa shape index (κ1) is 8.54. The van der Waals surface area contributed by atoms with Gasteiger partial charge in [-0.3, -0.25) is 0 Å². The van der Waals surface area contributed by atoms with E-state index in [1.165, 1.54) is 12.1 Å². The van der Waals surface area contributed by atoms with E-state index < -0.39 is 11.6 Å². The second-order valence-corrected chi connectivity index (χ2v) is 2.04. The molecule has 0 aliphatic rings. The van der Waals surface area contributed by atoms with Crippen LogP contribution in [0.4, 0.5) is 8.78 Å². The van der Waals surface area contributed by atoms with Gasteiger partial charge in [0.15, 0.2) is 11.6 Å². The summed E-state index contributed by atoms with van der Waals surface area (Å²) in [6.45, 7) is -0.0691. The van der Waals surface area contributed by atoms with Crippen LogP contribution in [0.5, 0.6) is 5.75 Å². The first-order valence-corrected chi connectivity index (χ1v) is 3.26. The van der Waals surface area contributed by atoms with Crippen LogP contribution >= 0.6 is 0 Å². The maximum atomic E-state index is 12.8. The topological polar surface area (TPSA) is 9.23 Å². The zero-order valence-corrected chi connectivity index (χ0v) is 6.18. The normalized spacial score (nSPS) is 9.08. The third-order valence-electron chi connectivity index (χ3n) is 1.23. The summed E-state index contributed by atoms with van der Waals surface area (Å²) >= 11 is 0. The van der Waals surface area contributed by atoms with Gasteiger partial charge in [-0.15, -0.1) is 6.42 Å². The summed E-state index contributed by atoms with van der Waals surface area (Å²) in [7, 11) is 0. The monoisotopic (exact) mass is 168 g/mol. The van der Waals surface area contributed by atoms with Gasteiger partial charge in [-0.05, 0) is 12.1 Å². The SMILES string of the molecule is C#CCOc1cccc(F)c1F. The van der Waals surface area contributed by atoms with Crippen LogP contribution in [0.25, 0.3) is 0 Å². The van der Waals surface area contributed by atoms with Gasteiger partial charge in [-0.2, -0.15) is 4.39 Å². The zero-order chi connectivity index (χ0) is 8.97. The third kappa shape index (κ3) is 1.73. The second kappa shape index (κ2) is 3.72. The molecule has 0 heterocycles. The summed E-state index contributed by atoms with van der Waals surface area (Å²) in [5.41, 5.74) is 0. The van der Waals surface area contributed by atoms with Crippen LogP contribution in [0.3, 0.4) is 0 Å². The van der Waals surface area contributed by atoms with Gasteiger partial charge in [0.05, 0.1) is 0 Å². The maximum Gasteiger partial charge on any atom is 0.200 e. The quantitative estimate of drug-likeness (QED) is 0.613. The van der Waals surface area contributed by atoms with Crippen LogP contribution in [0.2, 0.25) is 0 Å². The molecule has 0 amide bonds. The number of benzene rings is 1. The molecule has 0 radical (unpaired) electrons. The van der Waals surface area contributed by atoms with E-state index in [0.717, 1.165) is 6.07 Å². The average molecular weight is 168 g/mol. The van der Waals surface area contributed by atoms with Crippen molar-refractivity contribution in [2.45, 2.75) is 0 Å². The fourth-order valence-corrected chi connectivity index (χ4v) is 0.715. The molecule has 3 heteroatoms. The Balaban J connectivity index is 2.86. The smallest absolute Gasteiger partial charge is 0.200 e. The van der Waals surface area contributed by atoms with Crippen molar-refractivity contribution < 1.29 is 13.5 Å². The number of ether oxygens (including phenoxy) is 1. The largest absolute Gasteiger partial charge is 0.478 e. The summed E-state index contributed by atoms with van der Waals surface area (Å²) in [4.78, 5) is 0. The van der Waals surface area contributed by atoms with Crippen molar-refractivity contribution in [2.24, 2.45) is 0 Å². The Morgan fingerprint density at radius 2 is 2.17 bits per heavy atom. The van der Waals surface area contributed by atoms with Gasteiger partial charge in [-0.1, -0.05) is 12.0 Å². The Labute approximate surface area is 69.0 Å². The fourth-order valence-electron chi connectivity index (χ4n) is 0.715. The van der Waals surface area contributed by atoms with E-state index in [0.29, 0.717) is 0 Å². The van der Waals surface area contributed by atoms with Gasteiger partial charge < -0.3 is 4.74 Å². The maximum absolute atomic E-state index is 12.8. The molecule has 1 aromatic carbocycles. The van der Waals surface area contributed by atoms with Crippen molar-refractivity contribution >= 4 is 0 Å². The Morgan fingerprint density at radius 3 is 2.83 bits per heavy atom. The molecule has 0 bridgehead atoms. The fraction of sp³-hybridized carbons (Fsp3) is 0.111. The molecule has 0 fully saturated rings. The van der Waals surface area contributed by atoms with Crippen molar-refractivity contribution in [2.75, 3.05) is 6.61 Å². The predicted molar refractivity (Wildman–Crippen MR) is 40.7 cm³/mol. The Hall–Kier alpha value is -1.56. The Kier molecular flexibility index (Phi) is 2.65. The van der Waals surface area contributed by atoms with E-state index in [4.69, 9.17) is 11.2 Å². The van der Waals surface area contributed by atoms with E-state index in [9.17, 15) is 8.78 Å². The third-order valence-corrected chi connectivity index (χ3v) is 1.23. The highest BCUT2D eigenvalue weighted by molar-refractivity contribution is 5.25. The molecule has 0 aliphatic heterocycles. The van der Waals surface area contributed by atoms with Crippen molar-refractivity contribution in [3.8, 4) is 18.1 Å². The summed E-state index contributed by atoms with van der Waals surface area (Å²) in [5.74, 6) is 0.0452. The first-order valence-electron chi connectivity index (χ1n) is 3.26. The molecule has 12 heavy (non-hydrogen) atoms. The molecule has 0 aromatic heterocycles. The van der Waals surface area contributed by atoms with E-state index in [1.54, 1.807) is 0 Å². The van der Waals surface area contributed by atoms with Crippen LogP contribution in [0.15, 0.2) is 18.2 Å². The molecule has 0 saturated heterocycles. The number of hydrogen-bond donors (Lipinski definition) is 0. The first-order chi connectivity index (χ1) is 5.75. The molecule has 0 spiro atoms. The molecule has 1 rings (SSSR count). The summed E-state index contributed by atoms with van der Waals surface area (Å²) in [5, 5.41) is 0. The van der Waals surface area contributed by atoms with E-state index in [1.807, 2.05) is 0 Å². The van der Waals surface area contributed by atoms with Crippen LogP contribution in [0, 0.1) is 24.0 Å². The predicted octanol–water partition coefficient (Wildman–Crippen LogP) is 1.98. The number of rotatable bonds is 2. The highest BCUT2D eigenvalue weighted by Crippen LogP contribution is 2.18. The van der Waals surface area contributed by atoms with Gasteiger partial charge in [0, 0.05) is 0 Å². The highest BCUT2D eigenvalue weighted by Gasteiger charge is 2.07. The van der Waals surface area contributed by atoms with E-state index in [2.05, 4.69) is 5.92 Å². The summed E-state index contributed by atoms with van der Waals surface area (Å²) in [6, 6.07) is 3.68. The van der Waals surface area contributed by atoms with Gasteiger partial charge in [-0.25, -0.2) is 4.39 Å². The highest BCUT2D eigenvalue weighted by atomic mass is 19.2. The summed E-state index contributed by atoms with van der Waals surface area (Å²) in [6.07, 6.45) is 4.87. The van der Waals surface area contributed by atoms with Crippen molar-refractivity contribution in [1.82, 2.24) is 0 Å². The van der Waals surface area contributed by atoms with E-state index >= 15 is 0 Å². The molecule has 0 unspecified atom stereocenters. The van der Waals surface area contributed by atoms with Gasteiger partial charge in [0.2, 0.25) is 5.82 Å². The summed E-state index contributed by atoms with van der Waals surface area (Å²) < 4.78 is 30.0. The minimum absolute atomic E-state index is 0.0691. The Morgan fingerprint density at radius 1 is 1.42 bits per heavy atom. The molecule has 1 aromatic rings. The lowest BCUT2D eigenvalue weighted by atomic mass is 10.3. The van der Waals surface area contributed by atoms with Gasteiger partial charge in [0.25, 0.3) is 0 Å². The molecule has 0 saturated carbocycles. The minimum Gasteiger partial charge on any atom is -0.478 e. The van der Waals surface area contributed by atoms with Crippen molar-refractivity contribution in [3.05, 3.63) is 29.8 Å². The molecule has 0 atom stereocenters. The van der Waals surface area contributed by atoms with Crippen LogP contribution in [-0.2, 0) is 0 Å². The molecular weight excluding hydrogens is 162 g/mol. The molecule has 62 valence electrons. The molecule has 0 N–H and O–H groups in total. The lowest BCUT2D eigenvalue weighted by molar-refractivity contribution is 0.338. The van der Waals surface area contributed by atoms with Crippen molar-refractivity contribution in [3.63, 3.8) is 0 Å². The van der Waals surface area contributed by atoms with E-state index in [-0.39, 0.29) is 12.4 Å². The van der Waals surface area contributed by atoms with Crippen LogP contribution in [0.1, 0.15) is 0 Å². The minimum atomic E-state index is -1.01. The number of halogens is 2. The Bertz CT molecular complexity index is 315. The molecular formula is C9H6F2O. The number of hydrogen-bond acceptors (Lipinski definition) is 1. The molecule has 0 aliphatic carbocycles. The standard InChI is InChI=1S/C9H6F2O/c1-2-6-12-8-5-3-4-7(10)9(8)11/h1,3-5H,6H2. The lowest BCUT2D eigenvalue weighted by Gasteiger charge is -2.02. The van der Waals surface area contributed by atoms with Crippen molar-refractivity contribution in [1.29, 1.82) is 0 Å². The molecule has 1 nitrogen and oxygen atoms in total. The van der Waals surface area contributed by atoms with Gasteiger partial charge in [0.1, 0.15) is 6.61 Å². The average Bonchev–Trinajstić information content (AvgIpc) is 2.08. The van der Waals surface area contributed by atoms with Crippen LogP contribution in [-0.4, -0.2) is 6.61 Å². The number of terminal acetylenes is 1. The van der Waals surface area contributed by atoms with Crippen LogP contribution < -0.4 is 4.74 Å². The van der Waals surface area contributed by atoms with Gasteiger partial charge >= 0.3 is 0 Å². The lowest BCUT2D eigenvalue weighted by Crippen LogP contribution is -1.97.